The van der Waals surface area contributed by atoms with Crippen molar-refractivity contribution in [2.45, 2.75) is 31.4 Å². The monoisotopic (exact) mass is 470 g/mol. The minimum absolute atomic E-state index is 0.170. The van der Waals surface area contributed by atoms with Crippen LogP contribution in [0.5, 0.6) is 5.75 Å². The van der Waals surface area contributed by atoms with Gasteiger partial charge in [-0.1, -0.05) is 36.0 Å². The minimum atomic E-state index is -0.486. The first kappa shape index (κ1) is 22.0. The molecule has 0 fully saturated rings. The van der Waals surface area contributed by atoms with E-state index in [2.05, 4.69) is 15.2 Å². The summed E-state index contributed by atoms with van der Waals surface area (Å²) in [6, 6.07) is 13.8. The maximum absolute atomic E-state index is 14.2. The Morgan fingerprint density at radius 2 is 2.06 bits per heavy atom. The van der Waals surface area contributed by atoms with Crippen molar-refractivity contribution in [3.63, 3.8) is 0 Å². The molecule has 10 heteroatoms. The zero-order valence-corrected chi connectivity index (χ0v) is 19.0. The second-order valence-electron chi connectivity index (χ2n) is 6.78. The van der Waals surface area contributed by atoms with E-state index >= 15 is 0 Å². The van der Waals surface area contributed by atoms with E-state index in [9.17, 15) is 9.18 Å². The molecule has 0 saturated carbocycles. The second kappa shape index (κ2) is 9.92. The molecule has 0 atom stereocenters. The number of aryl methyl sites for hydroxylation is 1. The Bertz CT molecular complexity index is 1230. The van der Waals surface area contributed by atoms with Gasteiger partial charge in [0, 0.05) is 18.1 Å². The van der Waals surface area contributed by atoms with Gasteiger partial charge in [-0.05, 0) is 36.8 Å². The Morgan fingerprint density at radius 1 is 1.22 bits per heavy atom. The van der Waals surface area contributed by atoms with Crippen LogP contribution >= 0.6 is 23.1 Å². The van der Waals surface area contributed by atoms with Gasteiger partial charge >= 0.3 is 0 Å². The number of carbonyl (C=O) groups is 1. The molecule has 4 aromatic rings. The van der Waals surface area contributed by atoms with Crippen LogP contribution in [0.25, 0.3) is 0 Å². The molecule has 4 rings (SSSR count). The van der Waals surface area contributed by atoms with Gasteiger partial charge in [-0.25, -0.2) is 9.37 Å². The van der Waals surface area contributed by atoms with Crippen LogP contribution in [0.4, 0.5) is 15.2 Å². The standard InChI is InChI=1S/C22H19FN4O3S2/c1-14-6-5-7-17(10-14)29-11-20-25-26-22(30-20)32-13-16-12-31-21(24-16)27(15(2)28)19-9-4-3-8-18(19)23/h3-10,12H,11,13H2,1-2H3. The molecule has 2 aromatic heterocycles. The topological polar surface area (TPSA) is 81.4 Å². The predicted molar refractivity (Wildman–Crippen MR) is 121 cm³/mol. The van der Waals surface area contributed by atoms with E-state index in [0.717, 1.165) is 11.3 Å². The van der Waals surface area contributed by atoms with E-state index in [1.807, 2.05) is 36.6 Å². The summed E-state index contributed by atoms with van der Waals surface area (Å²) in [5, 5.41) is 10.6. The molecule has 1 amide bonds. The van der Waals surface area contributed by atoms with Gasteiger partial charge in [0.05, 0.1) is 11.4 Å². The summed E-state index contributed by atoms with van der Waals surface area (Å²) < 4.78 is 25.5. The molecule has 0 aliphatic carbocycles. The Hall–Kier alpha value is -3.24. The largest absolute Gasteiger partial charge is 0.484 e. The molecule has 0 aliphatic rings. The summed E-state index contributed by atoms with van der Waals surface area (Å²) in [6.07, 6.45) is 0. The highest BCUT2D eigenvalue weighted by molar-refractivity contribution is 7.98. The maximum atomic E-state index is 14.2. The molecule has 0 unspecified atom stereocenters. The third-order valence-corrected chi connectivity index (χ3v) is 6.01. The molecule has 0 spiro atoms. The van der Waals surface area contributed by atoms with Crippen molar-refractivity contribution in [1.29, 1.82) is 0 Å². The van der Waals surface area contributed by atoms with Crippen molar-refractivity contribution in [3.8, 4) is 5.75 Å². The highest BCUT2D eigenvalue weighted by Crippen LogP contribution is 2.32. The van der Waals surface area contributed by atoms with Crippen LogP contribution in [0.2, 0.25) is 0 Å². The van der Waals surface area contributed by atoms with Crippen LogP contribution in [0.15, 0.2) is 63.6 Å². The van der Waals surface area contributed by atoms with Crippen molar-refractivity contribution in [2.75, 3.05) is 4.90 Å². The van der Waals surface area contributed by atoms with Crippen LogP contribution < -0.4 is 9.64 Å². The van der Waals surface area contributed by atoms with Gasteiger partial charge in [0.1, 0.15) is 11.6 Å². The molecular weight excluding hydrogens is 451 g/mol. The quantitative estimate of drug-likeness (QED) is 0.313. The number of amides is 1. The van der Waals surface area contributed by atoms with Crippen molar-refractivity contribution < 1.29 is 18.3 Å². The van der Waals surface area contributed by atoms with Crippen molar-refractivity contribution in [1.82, 2.24) is 15.2 Å². The number of hydrogen-bond donors (Lipinski definition) is 0. The minimum Gasteiger partial charge on any atom is -0.484 e. The van der Waals surface area contributed by atoms with E-state index in [1.165, 1.54) is 41.0 Å². The molecule has 164 valence electrons. The number of hydrogen-bond acceptors (Lipinski definition) is 8. The summed E-state index contributed by atoms with van der Waals surface area (Å²) in [5.41, 5.74) is 1.99. The Morgan fingerprint density at radius 3 is 2.84 bits per heavy atom. The zero-order valence-electron chi connectivity index (χ0n) is 17.3. The summed E-state index contributed by atoms with van der Waals surface area (Å²) in [6.45, 7) is 3.54. The van der Waals surface area contributed by atoms with E-state index in [-0.39, 0.29) is 18.2 Å². The smallest absolute Gasteiger partial charge is 0.277 e. The fraction of sp³-hybridized carbons (Fsp3) is 0.182. The average molecular weight is 471 g/mol. The number of aromatic nitrogens is 3. The fourth-order valence-corrected chi connectivity index (χ4v) is 4.50. The number of thioether (sulfide) groups is 1. The maximum Gasteiger partial charge on any atom is 0.277 e. The van der Waals surface area contributed by atoms with Gasteiger partial charge in [0.25, 0.3) is 11.1 Å². The van der Waals surface area contributed by atoms with E-state index in [0.29, 0.717) is 27.7 Å². The number of rotatable bonds is 8. The van der Waals surface area contributed by atoms with Gasteiger partial charge in [0.2, 0.25) is 5.91 Å². The number of carbonyl (C=O) groups excluding carboxylic acids is 1. The normalized spacial score (nSPS) is 10.8. The number of ether oxygens (including phenoxy) is 1. The molecule has 0 bridgehead atoms. The number of thiazole rings is 1. The van der Waals surface area contributed by atoms with Crippen LogP contribution in [-0.4, -0.2) is 21.1 Å². The zero-order chi connectivity index (χ0) is 22.5. The molecule has 7 nitrogen and oxygen atoms in total. The number of nitrogens with zero attached hydrogens (tertiary/aromatic N) is 4. The third kappa shape index (κ3) is 5.32. The molecule has 32 heavy (non-hydrogen) atoms. The lowest BCUT2D eigenvalue weighted by atomic mass is 10.2. The number of para-hydroxylation sites is 1. The summed E-state index contributed by atoms with van der Waals surface area (Å²) in [5.74, 6) is 0.756. The Kier molecular flexibility index (Phi) is 6.81. The highest BCUT2D eigenvalue weighted by Gasteiger charge is 2.21. The van der Waals surface area contributed by atoms with E-state index in [4.69, 9.17) is 9.15 Å². The Balaban J connectivity index is 1.37. The lowest BCUT2D eigenvalue weighted by Crippen LogP contribution is -2.23. The third-order valence-electron chi connectivity index (χ3n) is 4.28. The SMILES string of the molecule is CC(=O)N(c1nc(CSc2nnc(COc3cccc(C)c3)o2)cs1)c1ccccc1F. The van der Waals surface area contributed by atoms with Crippen LogP contribution in [0.1, 0.15) is 24.1 Å². The first-order chi connectivity index (χ1) is 15.5. The van der Waals surface area contributed by atoms with Gasteiger partial charge in [-0.2, -0.15) is 0 Å². The van der Waals surface area contributed by atoms with Crippen LogP contribution in [-0.2, 0) is 17.2 Å². The summed E-state index contributed by atoms with van der Waals surface area (Å²) in [4.78, 5) is 17.9. The van der Waals surface area contributed by atoms with Crippen molar-refractivity contribution in [3.05, 3.63) is 76.9 Å². The van der Waals surface area contributed by atoms with Crippen molar-refractivity contribution >= 4 is 39.8 Å². The molecule has 2 aromatic carbocycles. The highest BCUT2D eigenvalue weighted by atomic mass is 32.2. The molecule has 0 radical (unpaired) electrons. The van der Waals surface area contributed by atoms with Gasteiger partial charge in [-0.15, -0.1) is 21.5 Å². The van der Waals surface area contributed by atoms with E-state index < -0.39 is 5.82 Å². The molecular formula is C22H19FN4O3S2. The molecule has 2 heterocycles. The number of halogens is 1. The first-order valence-electron chi connectivity index (χ1n) is 9.64. The summed E-state index contributed by atoms with van der Waals surface area (Å²) >= 11 is 2.59. The molecule has 0 saturated heterocycles. The van der Waals surface area contributed by atoms with Gasteiger partial charge in [-0.3, -0.25) is 9.69 Å². The van der Waals surface area contributed by atoms with Crippen LogP contribution in [0.3, 0.4) is 0 Å². The Labute approximate surface area is 192 Å². The number of anilines is 2. The van der Waals surface area contributed by atoms with Gasteiger partial charge < -0.3 is 9.15 Å². The number of benzene rings is 2. The second-order valence-corrected chi connectivity index (χ2v) is 8.55. The fourth-order valence-electron chi connectivity index (χ4n) is 2.85. The lowest BCUT2D eigenvalue weighted by Gasteiger charge is -2.18. The predicted octanol–water partition coefficient (Wildman–Crippen LogP) is 5.53. The molecule has 0 N–H and O–H groups in total. The lowest BCUT2D eigenvalue weighted by molar-refractivity contribution is -0.115. The van der Waals surface area contributed by atoms with Crippen molar-refractivity contribution in [2.24, 2.45) is 0 Å². The van der Waals surface area contributed by atoms with Gasteiger partial charge in [0.15, 0.2) is 11.7 Å². The van der Waals surface area contributed by atoms with E-state index in [1.54, 1.807) is 18.2 Å². The average Bonchev–Trinajstić information content (AvgIpc) is 3.42. The first-order valence-corrected chi connectivity index (χ1v) is 11.5. The summed E-state index contributed by atoms with van der Waals surface area (Å²) in [7, 11) is 0. The van der Waals surface area contributed by atoms with Crippen LogP contribution in [0, 0.1) is 12.7 Å². The molecule has 0 aliphatic heterocycles.